The summed E-state index contributed by atoms with van der Waals surface area (Å²) in [5.74, 6) is 2.96. The van der Waals surface area contributed by atoms with Crippen molar-refractivity contribution in [2.75, 3.05) is 13.7 Å². The van der Waals surface area contributed by atoms with Crippen LogP contribution >= 0.6 is 0 Å². The normalized spacial score (nSPS) is 15.7. The van der Waals surface area contributed by atoms with Gasteiger partial charge >= 0.3 is 0 Å². The third kappa shape index (κ3) is 4.37. The minimum Gasteiger partial charge on any atom is -0.497 e. The molecule has 1 atom stereocenters. The maximum atomic E-state index is 12.6. The highest BCUT2D eigenvalue weighted by molar-refractivity contribution is 5.87. The lowest BCUT2D eigenvalue weighted by Gasteiger charge is -2.34. The second-order valence-electron chi connectivity index (χ2n) is 8.60. The van der Waals surface area contributed by atoms with Crippen LogP contribution in [0.15, 0.2) is 73.6 Å². The number of methoxy groups -OCH3 is 1. The number of carbonyl (C=O) groups is 1. The molecule has 0 spiro atoms. The highest BCUT2D eigenvalue weighted by atomic mass is 16.5. The first-order valence-electron chi connectivity index (χ1n) is 11.8. The molecule has 0 saturated carbocycles. The first kappa shape index (κ1) is 22.7. The van der Waals surface area contributed by atoms with E-state index in [1.54, 1.807) is 13.3 Å². The van der Waals surface area contributed by atoms with Crippen LogP contribution < -0.4 is 9.47 Å². The van der Waals surface area contributed by atoms with Gasteiger partial charge < -0.3 is 14.4 Å². The van der Waals surface area contributed by atoms with Crippen molar-refractivity contribution in [3.05, 3.63) is 85.1 Å². The average molecular weight is 469 g/mol. The van der Waals surface area contributed by atoms with E-state index in [0.29, 0.717) is 12.3 Å². The zero-order chi connectivity index (χ0) is 24.4. The molecule has 1 amide bonds. The zero-order valence-corrected chi connectivity index (χ0v) is 20.0. The van der Waals surface area contributed by atoms with Gasteiger partial charge in [-0.2, -0.15) is 0 Å². The number of aromatic nitrogens is 3. The van der Waals surface area contributed by atoms with Gasteiger partial charge in [0, 0.05) is 30.6 Å². The Labute approximate surface area is 204 Å². The van der Waals surface area contributed by atoms with Gasteiger partial charge in [0.2, 0.25) is 5.91 Å². The number of amides is 1. The van der Waals surface area contributed by atoms with Crippen LogP contribution in [0, 0.1) is 6.92 Å². The fraction of sp³-hybridized carbons (Fsp3) is 0.250. The second kappa shape index (κ2) is 9.62. The number of hydrogen-bond acceptors (Lipinski definition) is 5. The Hall–Kier alpha value is -4.13. The number of fused-ring (bicyclic) bond motifs is 1. The molecule has 1 aliphatic rings. The van der Waals surface area contributed by atoms with Gasteiger partial charge in [-0.3, -0.25) is 14.2 Å². The number of imidazole rings is 1. The molecule has 4 aromatic rings. The van der Waals surface area contributed by atoms with Crippen LogP contribution in [0.4, 0.5) is 0 Å². The summed E-state index contributed by atoms with van der Waals surface area (Å²) in [6.45, 7) is 6.39. The predicted octanol–water partition coefficient (Wildman–Crippen LogP) is 5.75. The van der Waals surface area contributed by atoms with Crippen molar-refractivity contribution in [2.24, 2.45) is 0 Å². The second-order valence-corrected chi connectivity index (χ2v) is 8.60. The van der Waals surface area contributed by atoms with Crippen LogP contribution in [0.2, 0.25) is 0 Å². The predicted molar refractivity (Wildman–Crippen MR) is 135 cm³/mol. The number of rotatable bonds is 6. The maximum absolute atomic E-state index is 12.6. The zero-order valence-electron chi connectivity index (χ0n) is 20.0. The summed E-state index contributed by atoms with van der Waals surface area (Å²) in [6.07, 6.45) is 8.01. The molecule has 0 aliphatic carbocycles. The van der Waals surface area contributed by atoms with E-state index in [2.05, 4.69) is 16.0 Å². The van der Waals surface area contributed by atoms with Crippen LogP contribution in [0.1, 0.15) is 36.8 Å². The Bertz CT molecular complexity index is 1380. The van der Waals surface area contributed by atoms with E-state index in [9.17, 15) is 4.79 Å². The number of aryl methyl sites for hydroxylation is 1. The third-order valence-electron chi connectivity index (χ3n) is 6.43. The largest absolute Gasteiger partial charge is 0.497 e. The summed E-state index contributed by atoms with van der Waals surface area (Å²) in [4.78, 5) is 24.1. The van der Waals surface area contributed by atoms with E-state index >= 15 is 0 Å². The first-order chi connectivity index (χ1) is 17.1. The molecule has 5 rings (SSSR count). The standard InChI is InChI=1S/C28H28N4O3/c1-4-25(33)31-16-6-5-10-24(31)28-30-26(27-19(2)29-15-17-32(27)28)20-11-13-21(14-12-20)35-23-9-7-8-22(18-23)34-3/h4,7-9,11-15,17-18,24H,1,5-6,10,16H2,2-3H3. The maximum Gasteiger partial charge on any atom is 0.246 e. The Balaban J connectivity index is 1.52. The molecule has 0 radical (unpaired) electrons. The van der Waals surface area contributed by atoms with Gasteiger partial charge in [0.15, 0.2) is 0 Å². The van der Waals surface area contributed by atoms with Crippen molar-refractivity contribution >= 4 is 11.4 Å². The summed E-state index contributed by atoms with van der Waals surface area (Å²) in [5.41, 5.74) is 3.63. The Morgan fingerprint density at radius 2 is 1.91 bits per heavy atom. The lowest BCUT2D eigenvalue weighted by atomic mass is 10.0. The van der Waals surface area contributed by atoms with E-state index in [4.69, 9.17) is 14.5 Å². The number of piperidine rings is 1. The van der Waals surface area contributed by atoms with Crippen molar-refractivity contribution in [3.8, 4) is 28.5 Å². The third-order valence-corrected chi connectivity index (χ3v) is 6.43. The van der Waals surface area contributed by atoms with Gasteiger partial charge in [-0.15, -0.1) is 0 Å². The molecular formula is C28H28N4O3. The molecule has 1 saturated heterocycles. The molecule has 35 heavy (non-hydrogen) atoms. The van der Waals surface area contributed by atoms with E-state index < -0.39 is 0 Å². The number of ether oxygens (including phenoxy) is 2. The van der Waals surface area contributed by atoms with Crippen LogP contribution in [0.3, 0.4) is 0 Å². The Kier molecular flexibility index (Phi) is 6.23. The number of benzene rings is 2. The van der Waals surface area contributed by atoms with Gasteiger partial charge in [-0.1, -0.05) is 12.6 Å². The van der Waals surface area contributed by atoms with Gasteiger partial charge in [0.1, 0.15) is 23.1 Å². The Morgan fingerprint density at radius 1 is 1.11 bits per heavy atom. The van der Waals surface area contributed by atoms with Crippen LogP contribution in [-0.4, -0.2) is 38.8 Å². The van der Waals surface area contributed by atoms with Crippen molar-refractivity contribution in [1.29, 1.82) is 0 Å². The molecular weight excluding hydrogens is 440 g/mol. The minimum atomic E-state index is -0.104. The molecule has 2 aromatic carbocycles. The van der Waals surface area contributed by atoms with E-state index in [-0.39, 0.29) is 11.9 Å². The highest BCUT2D eigenvalue weighted by Crippen LogP contribution is 2.36. The molecule has 7 nitrogen and oxygen atoms in total. The molecule has 1 fully saturated rings. The fourth-order valence-corrected chi connectivity index (χ4v) is 4.72. The number of hydrogen-bond donors (Lipinski definition) is 0. The fourth-order valence-electron chi connectivity index (χ4n) is 4.72. The van der Waals surface area contributed by atoms with E-state index in [1.807, 2.05) is 66.6 Å². The number of carbonyl (C=O) groups excluding carboxylic acids is 1. The van der Waals surface area contributed by atoms with E-state index in [0.717, 1.165) is 59.1 Å². The Morgan fingerprint density at radius 3 is 2.69 bits per heavy atom. The lowest BCUT2D eigenvalue weighted by Crippen LogP contribution is -2.38. The van der Waals surface area contributed by atoms with Gasteiger partial charge in [0.25, 0.3) is 0 Å². The smallest absolute Gasteiger partial charge is 0.246 e. The summed E-state index contributed by atoms with van der Waals surface area (Å²) < 4.78 is 13.4. The summed E-state index contributed by atoms with van der Waals surface area (Å²) in [7, 11) is 1.63. The van der Waals surface area contributed by atoms with Crippen LogP contribution in [-0.2, 0) is 4.79 Å². The lowest BCUT2D eigenvalue weighted by molar-refractivity contribution is -0.129. The van der Waals surface area contributed by atoms with Gasteiger partial charge in [0.05, 0.1) is 30.1 Å². The number of likely N-dealkylation sites (tertiary alicyclic amines) is 1. The van der Waals surface area contributed by atoms with Crippen LogP contribution in [0.5, 0.6) is 17.2 Å². The van der Waals surface area contributed by atoms with Crippen molar-refractivity contribution in [1.82, 2.24) is 19.3 Å². The molecule has 0 N–H and O–H groups in total. The molecule has 2 aromatic heterocycles. The van der Waals surface area contributed by atoms with Crippen molar-refractivity contribution in [2.45, 2.75) is 32.2 Å². The molecule has 7 heteroatoms. The van der Waals surface area contributed by atoms with E-state index in [1.165, 1.54) is 6.08 Å². The molecule has 0 bridgehead atoms. The quantitative estimate of drug-likeness (QED) is 0.337. The average Bonchev–Trinajstić information content (AvgIpc) is 3.29. The van der Waals surface area contributed by atoms with Gasteiger partial charge in [-0.25, -0.2) is 4.98 Å². The summed E-state index contributed by atoms with van der Waals surface area (Å²) in [5, 5.41) is 0. The SMILES string of the molecule is C=CC(=O)N1CCCCC1c1nc(-c2ccc(Oc3cccc(OC)c3)cc2)c2c(C)nccn12. The number of nitrogens with zero attached hydrogens (tertiary/aromatic N) is 4. The van der Waals surface area contributed by atoms with Crippen molar-refractivity contribution < 1.29 is 14.3 Å². The molecule has 1 unspecified atom stereocenters. The molecule has 178 valence electrons. The van der Waals surface area contributed by atoms with Gasteiger partial charge in [-0.05, 0) is 68.7 Å². The highest BCUT2D eigenvalue weighted by Gasteiger charge is 2.31. The topological polar surface area (TPSA) is 69.0 Å². The van der Waals surface area contributed by atoms with Crippen molar-refractivity contribution in [3.63, 3.8) is 0 Å². The molecule has 1 aliphatic heterocycles. The monoisotopic (exact) mass is 468 g/mol. The first-order valence-corrected chi connectivity index (χ1v) is 11.8. The minimum absolute atomic E-state index is 0.0576. The summed E-state index contributed by atoms with van der Waals surface area (Å²) >= 11 is 0. The summed E-state index contributed by atoms with van der Waals surface area (Å²) in [6, 6.07) is 15.3. The van der Waals surface area contributed by atoms with Crippen LogP contribution in [0.25, 0.3) is 16.8 Å². The molecule has 3 heterocycles.